The lowest BCUT2D eigenvalue weighted by Crippen LogP contribution is -2.03. The van der Waals surface area contributed by atoms with Crippen LogP contribution in [-0.4, -0.2) is 24.4 Å². The fourth-order valence-corrected chi connectivity index (χ4v) is 1.65. The number of benzene rings is 1. The summed E-state index contributed by atoms with van der Waals surface area (Å²) in [6.07, 6.45) is 0. The van der Waals surface area contributed by atoms with Gasteiger partial charge >= 0.3 is 5.97 Å². The van der Waals surface area contributed by atoms with Crippen LogP contribution in [0.1, 0.15) is 15.9 Å². The Labute approximate surface area is 91.4 Å². The van der Waals surface area contributed by atoms with Crippen molar-refractivity contribution in [1.29, 1.82) is 0 Å². The van der Waals surface area contributed by atoms with Crippen LogP contribution >= 0.6 is 0 Å². The molecule has 1 aromatic rings. The Kier molecular flexibility index (Phi) is 3.56. The van der Waals surface area contributed by atoms with E-state index in [9.17, 15) is 23.3 Å². The van der Waals surface area contributed by atoms with E-state index in [1.807, 2.05) is 0 Å². The number of nitro benzene ring substituents is 1. The van der Waals surface area contributed by atoms with Crippen LogP contribution in [0.25, 0.3) is 0 Å². The maximum atomic E-state index is 10.6. The molecule has 0 unspecified atom stereocenters. The van der Waals surface area contributed by atoms with E-state index in [1.54, 1.807) is 0 Å². The zero-order valence-electron chi connectivity index (χ0n) is 7.82. The highest BCUT2D eigenvalue weighted by Gasteiger charge is 2.19. The van der Waals surface area contributed by atoms with E-state index in [-0.39, 0.29) is 11.3 Å². The number of hydrogen-bond acceptors (Lipinski definition) is 5. The quantitative estimate of drug-likeness (QED) is 0.451. The third kappa shape index (κ3) is 2.76. The summed E-state index contributed by atoms with van der Waals surface area (Å²) in [6.45, 7) is 0. The molecule has 0 fully saturated rings. The molecule has 0 aliphatic rings. The highest BCUT2D eigenvalue weighted by molar-refractivity contribution is 7.71. The van der Waals surface area contributed by atoms with E-state index in [0.717, 1.165) is 12.1 Å². The van der Waals surface area contributed by atoms with Crippen molar-refractivity contribution in [1.82, 2.24) is 0 Å². The van der Waals surface area contributed by atoms with Crippen LogP contribution in [0.5, 0.6) is 0 Å². The van der Waals surface area contributed by atoms with Crippen molar-refractivity contribution in [2.24, 2.45) is 0 Å². The van der Waals surface area contributed by atoms with Crippen LogP contribution in [0.2, 0.25) is 0 Å². The van der Waals surface area contributed by atoms with Crippen molar-refractivity contribution in [3.05, 3.63) is 39.4 Å². The number of nitro groups is 1. The minimum atomic E-state index is -2.70. The van der Waals surface area contributed by atoms with Crippen molar-refractivity contribution in [2.45, 2.75) is 5.75 Å². The summed E-state index contributed by atoms with van der Waals surface area (Å²) in [5, 5.41) is 19.2. The fourth-order valence-electron chi connectivity index (χ4n) is 1.16. The topological polar surface area (TPSA) is 115 Å². The first-order chi connectivity index (χ1) is 7.41. The van der Waals surface area contributed by atoms with Crippen LogP contribution in [0.3, 0.4) is 0 Å². The lowest BCUT2D eigenvalue weighted by Gasteiger charge is -2.00. The minimum Gasteiger partial charge on any atom is -0.477 e. The lowest BCUT2D eigenvalue weighted by molar-refractivity contribution is -0.385. The standard InChI is InChI=1S/C8H7NO6S/c10-8(11)6-2-1-5(4-16(14)15)3-7(6)9(12)13/h1-3,16H,4H2,(H,10,11). The van der Waals surface area contributed by atoms with E-state index in [4.69, 9.17) is 5.11 Å². The molecule has 0 saturated heterocycles. The number of rotatable bonds is 4. The average Bonchev–Trinajstić information content (AvgIpc) is 2.16. The molecule has 1 N–H and O–H groups in total. The zero-order chi connectivity index (χ0) is 12.3. The molecule has 0 saturated carbocycles. The lowest BCUT2D eigenvalue weighted by atomic mass is 10.1. The summed E-state index contributed by atoms with van der Waals surface area (Å²) in [4.78, 5) is 20.3. The Morgan fingerprint density at radius 3 is 2.50 bits per heavy atom. The maximum absolute atomic E-state index is 10.6. The summed E-state index contributed by atoms with van der Waals surface area (Å²) in [7, 11) is -2.70. The minimum absolute atomic E-state index is 0.188. The van der Waals surface area contributed by atoms with Crippen LogP contribution in [-0.2, 0) is 16.5 Å². The largest absolute Gasteiger partial charge is 0.477 e. The molecule has 16 heavy (non-hydrogen) atoms. The molecule has 1 rings (SSSR count). The highest BCUT2D eigenvalue weighted by atomic mass is 32.2. The molecule has 0 atom stereocenters. The van der Waals surface area contributed by atoms with Crippen molar-refractivity contribution in [2.75, 3.05) is 0 Å². The maximum Gasteiger partial charge on any atom is 0.342 e. The van der Waals surface area contributed by atoms with Gasteiger partial charge in [-0.1, -0.05) is 6.07 Å². The van der Waals surface area contributed by atoms with Crippen LogP contribution in [0, 0.1) is 10.1 Å². The summed E-state index contributed by atoms with van der Waals surface area (Å²) in [5.74, 6) is -1.78. The van der Waals surface area contributed by atoms with E-state index >= 15 is 0 Å². The molecule has 86 valence electrons. The number of carboxylic acids is 1. The van der Waals surface area contributed by atoms with E-state index in [1.165, 1.54) is 6.07 Å². The molecule has 1 aromatic carbocycles. The third-order valence-electron chi connectivity index (χ3n) is 1.80. The van der Waals surface area contributed by atoms with Gasteiger partial charge in [0.05, 0.1) is 10.7 Å². The molecule has 0 amide bonds. The number of hydrogen-bond donors (Lipinski definition) is 2. The second kappa shape index (κ2) is 4.71. The Bertz CT molecular complexity index is 513. The van der Waals surface area contributed by atoms with Crippen LogP contribution in [0.4, 0.5) is 5.69 Å². The van der Waals surface area contributed by atoms with Crippen molar-refractivity contribution >= 4 is 22.4 Å². The average molecular weight is 245 g/mol. The monoisotopic (exact) mass is 245 g/mol. The van der Waals surface area contributed by atoms with Gasteiger partial charge < -0.3 is 5.11 Å². The van der Waals surface area contributed by atoms with E-state index < -0.39 is 32.8 Å². The summed E-state index contributed by atoms with van der Waals surface area (Å²) < 4.78 is 20.8. The molecule has 0 radical (unpaired) electrons. The van der Waals surface area contributed by atoms with Crippen molar-refractivity contribution in [3.63, 3.8) is 0 Å². The summed E-state index contributed by atoms with van der Waals surface area (Å²) in [5.41, 5.74) is -0.885. The third-order valence-corrected chi connectivity index (χ3v) is 2.42. The second-order valence-corrected chi connectivity index (χ2v) is 3.89. The van der Waals surface area contributed by atoms with Crippen molar-refractivity contribution < 1.29 is 23.2 Å². The Morgan fingerprint density at radius 1 is 1.44 bits per heavy atom. The molecule has 0 aliphatic heterocycles. The first kappa shape index (κ1) is 12.1. The molecular weight excluding hydrogens is 238 g/mol. The number of nitrogens with zero attached hydrogens (tertiary/aromatic N) is 1. The molecule has 8 heteroatoms. The van der Waals surface area contributed by atoms with E-state index in [2.05, 4.69) is 0 Å². The normalized spacial score (nSPS) is 10.3. The smallest absolute Gasteiger partial charge is 0.342 e. The molecule has 0 bridgehead atoms. The highest BCUT2D eigenvalue weighted by Crippen LogP contribution is 2.20. The number of aromatic carboxylic acids is 1. The van der Waals surface area contributed by atoms with Gasteiger partial charge in [-0.2, -0.15) is 0 Å². The molecule has 0 spiro atoms. The van der Waals surface area contributed by atoms with Gasteiger partial charge in [0.15, 0.2) is 0 Å². The van der Waals surface area contributed by atoms with Gasteiger partial charge in [0.25, 0.3) is 5.69 Å². The van der Waals surface area contributed by atoms with Gasteiger partial charge in [-0.05, 0) is 11.6 Å². The fraction of sp³-hybridized carbons (Fsp3) is 0.125. The molecule has 0 heterocycles. The SMILES string of the molecule is O=C(O)c1ccc(C[SH](=O)=O)cc1[N+](=O)[O-]. The Morgan fingerprint density at radius 2 is 2.06 bits per heavy atom. The number of thiol groups is 1. The number of carboxylic acid groups (broad SMARTS) is 1. The summed E-state index contributed by atoms with van der Waals surface area (Å²) in [6, 6.07) is 3.21. The van der Waals surface area contributed by atoms with E-state index in [0.29, 0.717) is 0 Å². The van der Waals surface area contributed by atoms with Crippen LogP contribution < -0.4 is 0 Å². The molecular formula is C8H7NO6S. The Hall–Kier alpha value is -1.96. The first-order valence-corrected chi connectivity index (χ1v) is 5.40. The predicted molar refractivity (Wildman–Crippen MR) is 54.1 cm³/mol. The Balaban J connectivity index is 3.27. The van der Waals surface area contributed by atoms with Gasteiger partial charge in [-0.15, -0.1) is 0 Å². The predicted octanol–water partition coefficient (Wildman–Crippen LogP) is 0.404. The van der Waals surface area contributed by atoms with Gasteiger partial charge in [-0.25, -0.2) is 13.2 Å². The van der Waals surface area contributed by atoms with Crippen LogP contribution in [0.15, 0.2) is 18.2 Å². The van der Waals surface area contributed by atoms with Crippen molar-refractivity contribution in [3.8, 4) is 0 Å². The molecule has 0 aliphatic carbocycles. The molecule has 7 nitrogen and oxygen atoms in total. The molecule has 0 aromatic heterocycles. The van der Waals surface area contributed by atoms with Gasteiger partial charge in [0, 0.05) is 6.07 Å². The first-order valence-electron chi connectivity index (χ1n) is 4.04. The zero-order valence-corrected chi connectivity index (χ0v) is 8.72. The second-order valence-electron chi connectivity index (χ2n) is 2.90. The summed E-state index contributed by atoms with van der Waals surface area (Å²) >= 11 is 0. The van der Waals surface area contributed by atoms with Gasteiger partial charge in [0.1, 0.15) is 16.3 Å². The number of carbonyl (C=O) groups is 1. The van der Waals surface area contributed by atoms with Gasteiger partial charge in [0.2, 0.25) is 0 Å². The van der Waals surface area contributed by atoms with Gasteiger partial charge in [-0.3, -0.25) is 10.1 Å².